The molecule has 128 valence electrons. The summed E-state index contributed by atoms with van der Waals surface area (Å²) in [5.74, 6) is 6.62. The van der Waals surface area contributed by atoms with Crippen LogP contribution in [0.15, 0.2) is 28.7 Å². The minimum atomic E-state index is -4.94. The molecule has 0 radical (unpaired) electrons. The van der Waals surface area contributed by atoms with Gasteiger partial charge in [-0.25, -0.2) is 23.4 Å². The highest BCUT2D eigenvalue weighted by atomic mass is 79.9. The normalized spacial score (nSPS) is 10.1. The van der Waals surface area contributed by atoms with Gasteiger partial charge in [-0.15, -0.1) is 10.2 Å². The van der Waals surface area contributed by atoms with Gasteiger partial charge in [0.25, 0.3) is 0 Å². The van der Waals surface area contributed by atoms with Gasteiger partial charge in [0.1, 0.15) is 0 Å². The van der Waals surface area contributed by atoms with E-state index in [0.717, 1.165) is 10.2 Å². The maximum absolute atomic E-state index is 11.4. The lowest BCUT2D eigenvalue weighted by Gasteiger charge is -2.17. The molecular formula is C13H15BrClNO6S. The summed E-state index contributed by atoms with van der Waals surface area (Å²) in [5.41, 5.74) is 0.686. The predicted octanol–water partition coefficient (Wildman–Crippen LogP) is -1.88. The maximum Gasteiger partial charge on any atom is 0.412 e. The zero-order valence-corrected chi connectivity index (χ0v) is 15.5. The van der Waals surface area contributed by atoms with Gasteiger partial charge in [-0.3, -0.25) is 5.32 Å². The number of carbonyl (C=O) groups is 1. The SMILES string of the molecule is C[S+](C)CC#CCOC(=O)Nc1cccc(Br)c1.[O-][Cl+3]([O-])([O-])[O-]. The van der Waals surface area contributed by atoms with Gasteiger partial charge in [0.2, 0.25) is 0 Å². The van der Waals surface area contributed by atoms with Crippen molar-refractivity contribution < 1.29 is 38.4 Å². The molecule has 0 unspecified atom stereocenters. The van der Waals surface area contributed by atoms with Gasteiger partial charge in [-0.05, 0) is 35.0 Å². The number of anilines is 1. The number of ether oxygens (including phenoxy) is 1. The molecule has 1 aromatic carbocycles. The Morgan fingerprint density at radius 2 is 1.91 bits per heavy atom. The highest BCUT2D eigenvalue weighted by Crippen LogP contribution is 2.15. The summed E-state index contributed by atoms with van der Waals surface area (Å²) in [5, 5.41) is 2.63. The van der Waals surface area contributed by atoms with E-state index in [1.165, 1.54) is 0 Å². The molecule has 1 amide bonds. The summed E-state index contributed by atoms with van der Waals surface area (Å²) >= 11 is 3.33. The molecule has 0 saturated heterocycles. The molecule has 0 aliphatic carbocycles. The van der Waals surface area contributed by atoms with Crippen LogP contribution in [0.5, 0.6) is 0 Å². The molecular weight excluding hydrogens is 414 g/mol. The predicted molar refractivity (Wildman–Crippen MR) is 81.0 cm³/mol. The monoisotopic (exact) mass is 427 g/mol. The van der Waals surface area contributed by atoms with E-state index in [1.807, 2.05) is 12.1 Å². The molecule has 0 atom stereocenters. The molecule has 1 aromatic rings. The molecule has 1 rings (SSSR count). The summed E-state index contributed by atoms with van der Waals surface area (Å²) in [7, 11) is -4.64. The second kappa shape index (κ2) is 11.5. The van der Waals surface area contributed by atoms with Crippen molar-refractivity contribution in [3.05, 3.63) is 28.7 Å². The van der Waals surface area contributed by atoms with E-state index in [-0.39, 0.29) is 6.61 Å². The van der Waals surface area contributed by atoms with Crippen LogP contribution in [0.4, 0.5) is 10.5 Å². The lowest BCUT2D eigenvalue weighted by molar-refractivity contribution is -2.00. The van der Waals surface area contributed by atoms with Crippen molar-refractivity contribution in [3.63, 3.8) is 0 Å². The Hall–Kier alpha value is -0.990. The van der Waals surface area contributed by atoms with Crippen LogP contribution >= 0.6 is 15.9 Å². The van der Waals surface area contributed by atoms with Gasteiger partial charge in [-0.2, -0.15) is 0 Å². The van der Waals surface area contributed by atoms with Crippen LogP contribution in [0.3, 0.4) is 0 Å². The molecule has 23 heavy (non-hydrogen) atoms. The Kier molecular flexibility index (Phi) is 11.0. The van der Waals surface area contributed by atoms with Crippen LogP contribution in [-0.4, -0.2) is 31.0 Å². The van der Waals surface area contributed by atoms with Crippen molar-refractivity contribution in [2.75, 3.05) is 30.2 Å². The first kappa shape index (κ1) is 22.0. The summed E-state index contributed by atoms with van der Waals surface area (Å²) in [4.78, 5) is 11.4. The number of carbonyl (C=O) groups excluding carboxylic acids is 1. The van der Waals surface area contributed by atoms with Crippen molar-refractivity contribution in [1.29, 1.82) is 0 Å². The van der Waals surface area contributed by atoms with Gasteiger partial charge < -0.3 is 4.74 Å². The molecule has 0 heterocycles. The van der Waals surface area contributed by atoms with E-state index in [0.29, 0.717) is 16.6 Å². The number of benzene rings is 1. The molecule has 0 bridgehead atoms. The molecule has 0 aromatic heterocycles. The lowest BCUT2D eigenvalue weighted by Crippen LogP contribution is -2.68. The highest BCUT2D eigenvalue weighted by Gasteiger charge is 2.02. The quantitative estimate of drug-likeness (QED) is 0.443. The highest BCUT2D eigenvalue weighted by molar-refractivity contribution is 9.10. The minimum Gasteiger partial charge on any atom is -0.436 e. The molecule has 7 nitrogen and oxygen atoms in total. The van der Waals surface area contributed by atoms with E-state index >= 15 is 0 Å². The van der Waals surface area contributed by atoms with Crippen LogP contribution in [0, 0.1) is 22.1 Å². The van der Waals surface area contributed by atoms with Gasteiger partial charge >= 0.3 is 6.09 Å². The molecule has 0 saturated carbocycles. The topological polar surface area (TPSA) is 131 Å². The molecule has 10 heteroatoms. The fraction of sp³-hybridized carbons (Fsp3) is 0.308. The molecule has 0 aliphatic rings. The van der Waals surface area contributed by atoms with Crippen molar-refractivity contribution in [3.8, 4) is 11.8 Å². The number of nitrogens with one attached hydrogen (secondary N) is 1. The van der Waals surface area contributed by atoms with E-state index in [9.17, 15) is 4.79 Å². The van der Waals surface area contributed by atoms with Crippen LogP contribution in [0.1, 0.15) is 0 Å². The van der Waals surface area contributed by atoms with Crippen molar-refractivity contribution in [2.45, 2.75) is 0 Å². The molecule has 0 aliphatic heterocycles. The van der Waals surface area contributed by atoms with Gasteiger partial charge in [0.15, 0.2) is 12.4 Å². The van der Waals surface area contributed by atoms with Crippen LogP contribution in [0.25, 0.3) is 0 Å². The summed E-state index contributed by atoms with van der Waals surface area (Å²) in [6.45, 7) is 0.122. The molecule has 1 N–H and O–H groups in total. The second-order valence-corrected chi connectivity index (χ2v) is 8.00. The smallest absolute Gasteiger partial charge is 0.412 e. The first-order valence-corrected chi connectivity index (χ1v) is 10.1. The van der Waals surface area contributed by atoms with E-state index in [2.05, 4.69) is 45.6 Å². The third kappa shape index (κ3) is 17.2. The van der Waals surface area contributed by atoms with Crippen LogP contribution in [0.2, 0.25) is 0 Å². The third-order valence-corrected chi connectivity index (χ3v) is 3.05. The fourth-order valence-electron chi connectivity index (χ4n) is 1.07. The van der Waals surface area contributed by atoms with E-state index in [1.54, 1.807) is 12.1 Å². The van der Waals surface area contributed by atoms with Crippen molar-refractivity contribution in [1.82, 2.24) is 0 Å². The number of hydrogen-bond donors (Lipinski definition) is 1. The molecule has 0 spiro atoms. The summed E-state index contributed by atoms with van der Waals surface area (Å²) in [6.07, 6.45) is 3.75. The average Bonchev–Trinajstić information content (AvgIpc) is 2.35. The van der Waals surface area contributed by atoms with Crippen LogP contribution in [-0.2, 0) is 15.6 Å². The summed E-state index contributed by atoms with van der Waals surface area (Å²) in [6, 6.07) is 7.31. The van der Waals surface area contributed by atoms with Gasteiger partial charge in [0, 0.05) is 10.2 Å². The zero-order valence-electron chi connectivity index (χ0n) is 12.3. The number of amides is 1. The minimum absolute atomic E-state index is 0.122. The number of halogens is 2. The van der Waals surface area contributed by atoms with Crippen molar-refractivity contribution in [2.24, 2.45) is 0 Å². The zero-order chi connectivity index (χ0) is 17.9. The van der Waals surface area contributed by atoms with E-state index < -0.39 is 16.3 Å². The summed E-state index contributed by atoms with van der Waals surface area (Å²) < 4.78 is 39.8. The Labute approximate surface area is 147 Å². The van der Waals surface area contributed by atoms with Gasteiger partial charge in [-0.1, -0.05) is 27.9 Å². The third-order valence-electron chi connectivity index (χ3n) is 1.83. The first-order chi connectivity index (χ1) is 10.6. The Morgan fingerprint density at radius 1 is 1.30 bits per heavy atom. The Balaban J connectivity index is 0.000000841. The second-order valence-electron chi connectivity index (χ2n) is 4.07. The number of hydrogen-bond acceptors (Lipinski definition) is 6. The Morgan fingerprint density at radius 3 is 2.43 bits per heavy atom. The lowest BCUT2D eigenvalue weighted by atomic mass is 10.3. The maximum atomic E-state index is 11.4. The molecule has 0 fully saturated rings. The fourth-order valence-corrected chi connectivity index (χ4v) is 1.86. The Bertz CT molecular complexity index is 549. The van der Waals surface area contributed by atoms with E-state index in [4.69, 9.17) is 23.4 Å². The average molecular weight is 429 g/mol. The van der Waals surface area contributed by atoms with Crippen molar-refractivity contribution >= 4 is 38.6 Å². The van der Waals surface area contributed by atoms with Gasteiger partial charge in [0.05, 0.1) is 12.5 Å². The number of rotatable bonds is 3. The van der Waals surface area contributed by atoms with Crippen LogP contribution < -0.4 is 24.0 Å². The largest absolute Gasteiger partial charge is 0.436 e. The standard InChI is InChI=1S/C13H14BrNO2S.ClHO4/c1-18(2)9-4-3-8-17-13(16)15-12-7-5-6-11(14)10-12;2-1(3,4)5/h5-7,10H,8-9H2,1-2H3;(H,2,3,4,5). The first-order valence-electron chi connectivity index (χ1n) is 5.89.